The minimum absolute atomic E-state index is 0.776. The fraction of sp³-hybridized carbons (Fsp3) is 0.357. The third-order valence-corrected chi connectivity index (χ3v) is 2.63. The number of benzene rings is 1. The number of nitrogens with zero attached hydrogens (tertiary/aromatic N) is 2. The van der Waals surface area contributed by atoms with E-state index in [4.69, 9.17) is 4.74 Å². The van der Waals surface area contributed by atoms with Crippen LogP contribution in [0.3, 0.4) is 0 Å². The molecular formula is C14H19N3O. The molecule has 0 fully saturated rings. The Morgan fingerprint density at radius 1 is 1.28 bits per heavy atom. The van der Waals surface area contributed by atoms with E-state index in [1.807, 2.05) is 35.9 Å². The van der Waals surface area contributed by atoms with Gasteiger partial charge >= 0.3 is 0 Å². The summed E-state index contributed by atoms with van der Waals surface area (Å²) >= 11 is 0. The van der Waals surface area contributed by atoms with Crippen molar-refractivity contribution >= 4 is 5.95 Å². The smallest absolute Gasteiger partial charge is 0.207 e. The number of aromatic nitrogens is 2. The van der Waals surface area contributed by atoms with Crippen LogP contribution in [0.15, 0.2) is 42.7 Å². The highest BCUT2D eigenvalue weighted by molar-refractivity contribution is 5.41. The van der Waals surface area contributed by atoms with Crippen LogP contribution in [0.4, 0.5) is 5.95 Å². The summed E-state index contributed by atoms with van der Waals surface area (Å²) in [6, 6.07) is 10.2. The first-order valence-electron chi connectivity index (χ1n) is 6.32. The molecule has 0 saturated heterocycles. The van der Waals surface area contributed by atoms with Gasteiger partial charge in [-0.15, -0.1) is 0 Å². The van der Waals surface area contributed by atoms with E-state index >= 15 is 0 Å². The highest BCUT2D eigenvalue weighted by Gasteiger charge is 2.02. The summed E-state index contributed by atoms with van der Waals surface area (Å²) in [6.45, 7) is 4.44. The normalized spacial score (nSPS) is 10.5. The van der Waals surface area contributed by atoms with Crippen LogP contribution in [0, 0.1) is 0 Å². The SMILES string of the molecule is CCOCCCNc1nccn1-c1ccccc1. The highest BCUT2D eigenvalue weighted by atomic mass is 16.5. The fourth-order valence-electron chi connectivity index (χ4n) is 1.75. The van der Waals surface area contributed by atoms with E-state index in [9.17, 15) is 0 Å². The molecule has 96 valence electrons. The molecule has 4 heteroatoms. The van der Waals surface area contributed by atoms with Crippen molar-refractivity contribution in [3.8, 4) is 5.69 Å². The van der Waals surface area contributed by atoms with E-state index in [0.29, 0.717) is 0 Å². The monoisotopic (exact) mass is 245 g/mol. The predicted octanol–water partition coefficient (Wildman–Crippen LogP) is 2.71. The Bertz CT molecular complexity index is 453. The molecule has 1 N–H and O–H groups in total. The van der Waals surface area contributed by atoms with Gasteiger partial charge in [0.1, 0.15) is 0 Å². The molecule has 0 aliphatic carbocycles. The van der Waals surface area contributed by atoms with Crippen molar-refractivity contribution in [3.05, 3.63) is 42.7 Å². The first kappa shape index (κ1) is 12.6. The molecule has 2 aromatic rings. The molecule has 0 amide bonds. The lowest BCUT2D eigenvalue weighted by Crippen LogP contribution is -2.09. The minimum atomic E-state index is 0.776. The maximum Gasteiger partial charge on any atom is 0.207 e. The van der Waals surface area contributed by atoms with Gasteiger partial charge in [0.05, 0.1) is 0 Å². The highest BCUT2D eigenvalue weighted by Crippen LogP contribution is 2.13. The molecule has 4 nitrogen and oxygen atoms in total. The molecule has 1 aromatic heterocycles. The quantitative estimate of drug-likeness (QED) is 0.762. The molecular weight excluding hydrogens is 226 g/mol. The van der Waals surface area contributed by atoms with Gasteiger partial charge in [0.25, 0.3) is 0 Å². The molecule has 0 aliphatic rings. The molecule has 0 atom stereocenters. The number of ether oxygens (including phenoxy) is 1. The maximum absolute atomic E-state index is 5.30. The van der Waals surface area contributed by atoms with E-state index in [1.54, 1.807) is 6.20 Å². The van der Waals surface area contributed by atoms with Gasteiger partial charge in [0, 0.05) is 37.8 Å². The summed E-state index contributed by atoms with van der Waals surface area (Å²) in [4.78, 5) is 4.32. The van der Waals surface area contributed by atoms with Crippen LogP contribution in [0.5, 0.6) is 0 Å². The van der Waals surface area contributed by atoms with Crippen molar-refractivity contribution in [2.75, 3.05) is 25.1 Å². The lowest BCUT2D eigenvalue weighted by Gasteiger charge is -2.09. The van der Waals surface area contributed by atoms with Crippen molar-refractivity contribution < 1.29 is 4.74 Å². The first-order chi connectivity index (χ1) is 8.92. The van der Waals surface area contributed by atoms with E-state index in [2.05, 4.69) is 22.4 Å². The van der Waals surface area contributed by atoms with Gasteiger partial charge in [-0.25, -0.2) is 4.98 Å². The summed E-state index contributed by atoms with van der Waals surface area (Å²) < 4.78 is 7.34. The van der Waals surface area contributed by atoms with Crippen molar-refractivity contribution in [3.63, 3.8) is 0 Å². The minimum Gasteiger partial charge on any atom is -0.382 e. The molecule has 0 saturated carbocycles. The predicted molar refractivity (Wildman–Crippen MR) is 73.2 cm³/mol. The molecule has 0 spiro atoms. The third-order valence-electron chi connectivity index (χ3n) is 2.63. The van der Waals surface area contributed by atoms with Crippen molar-refractivity contribution in [2.24, 2.45) is 0 Å². The van der Waals surface area contributed by atoms with Crippen LogP contribution < -0.4 is 5.32 Å². The van der Waals surface area contributed by atoms with Gasteiger partial charge in [-0.05, 0) is 25.5 Å². The standard InChI is InChI=1S/C14H19N3O/c1-2-18-12-6-9-15-14-16-10-11-17(14)13-7-4-3-5-8-13/h3-5,7-8,10-11H,2,6,9,12H2,1H3,(H,15,16). The van der Waals surface area contributed by atoms with Gasteiger partial charge in [0.15, 0.2) is 0 Å². The van der Waals surface area contributed by atoms with Gasteiger partial charge in [0.2, 0.25) is 5.95 Å². The summed E-state index contributed by atoms with van der Waals surface area (Å²) in [5, 5.41) is 3.32. The van der Waals surface area contributed by atoms with Crippen LogP contribution in [-0.2, 0) is 4.74 Å². The van der Waals surface area contributed by atoms with Gasteiger partial charge in [-0.1, -0.05) is 18.2 Å². The summed E-state index contributed by atoms with van der Waals surface area (Å²) in [6.07, 6.45) is 4.74. The molecule has 0 aliphatic heterocycles. The Balaban J connectivity index is 1.92. The van der Waals surface area contributed by atoms with Crippen molar-refractivity contribution in [1.29, 1.82) is 0 Å². The molecule has 18 heavy (non-hydrogen) atoms. The average molecular weight is 245 g/mol. The summed E-state index contributed by atoms with van der Waals surface area (Å²) in [5.74, 6) is 0.873. The van der Waals surface area contributed by atoms with Gasteiger partial charge < -0.3 is 10.1 Å². The molecule has 2 rings (SSSR count). The maximum atomic E-state index is 5.30. The number of imidazole rings is 1. The Hall–Kier alpha value is -1.81. The topological polar surface area (TPSA) is 39.1 Å². The van der Waals surface area contributed by atoms with E-state index in [0.717, 1.165) is 37.8 Å². The largest absolute Gasteiger partial charge is 0.382 e. The molecule has 0 radical (unpaired) electrons. The van der Waals surface area contributed by atoms with Crippen LogP contribution in [-0.4, -0.2) is 29.3 Å². The van der Waals surface area contributed by atoms with E-state index in [1.165, 1.54) is 0 Å². The van der Waals surface area contributed by atoms with Crippen LogP contribution in [0.2, 0.25) is 0 Å². The summed E-state index contributed by atoms with van der Waals surface area (Å²) in [5.41, 5.74) is 1.11. The number of nitrogens with one attached hydrogen (secondary N) is 1. The number of para-hydroxylation sites is 1. The Labute approximate surface area is 108 Å². The van der Waals surface area contributed by atoms with Crippen molar-refractivity contribution in [2.45, 2.75) is 13.3 Å². The fourth-order valence-corrected chi connectivity index (χ4v) is 1.75. The zero-order valence-corrected chi connectivity index (χ0v) is 10.7. The Morgan fingerprint density at radius 2 is 2.11 bits per heavy atom. The van der Waals surface area contributed by atoms with E-state index in [-0.39, 0.29) is 0 Å². The second kappa shape index (κ2) is 6.81. The number of anilines is 1. The van der Waals surface area contributed by atoms with Crippen LogP contribution in [0.1, 0.15) is 13.3 Å². The van der Waals surface area contributed by atoms with Crippen LogP contribution in [0.25, 0.3) is 5.69 Å². The van der Waals surface area contributed by atoms with Crippen molar-refractivity contribution in [1.82, 2.24) is 9.55 Å². The average Bonchev–Trinajstić information content (AvgIpc) is 2.88. The van der Waals surface area contributed by atoms with Gasteiger partial charge in [-0.3, -0.25) is 4.57 Å². The molecule has 0 bridgehead atoms. The zero-order valence-electron chi connectivity index (χ0n) is 10.7. The number of rotatable bonds is 7. The second-order valence-electron chi connectivity index (χ2n) is 3.93. The van der Waals surface area contributed by atoms with Crippen LogP contribution >= 0.6 is 0 Å². The number of hydrogen-bond acceptors (Lipinski definition) is 3. The second-order valence-corrected chi connectivity index (χ2v) is 3.93. The lowest BCUT2D eigenvalue weighted by atomic mass is 10.3. The number of hydrogen-bond donors (Lipinski definition) is 1. The Morgan fingerprint density at radius 3 is 2.89 bits per heavy atom. The molecule has 0 unspecified atom stereocenters. The van der Waals surface area contributed by atoms with Gasteiger partial charge in [-0.2, -0.15) is 0 Å². The molecule has 1 heterocycles. The zero-order chi connectivity index (χ0) is 12.6. The third kappa shape index (κ3) is 3.34. The first-order valence-corrected chi connectivity index (χ1v) is 6.32. The van der Waals surface area contributed by atoms with E-state index < -0.39 is 0 Å². The lowest BCUT2D eigenvalue weighted by molar-refractivity contribution is 0.147. The summed E-state index contributed by atoms with van der Waals surface area (Å²) in [7, 11) is 0. The Kier molecular flexibility index (Phi) is 4.78. The molecule has 1 aromatic carbocycles.